The van der Waals surface area contributed by atoms with Gasteiger partial charge in [0.1, 0.15) is 11.2 Å². The molecule has 1 unspecified atom stereocenters. The number of halogens is 1. The van der Waals surface area contributed by atoms with Gasteiger partial charge in [0.25, 0.3) is 0 Å². The van der Waals surface area contributed by atoms with E-state index in [9.17, 15) is 14.3 Å². The number of carboxylic acids is 1. The summed E-state index contributed by atoms with van der Waals surface area (Å²) in [6.07, 6.45) is 4.23. The van der Waals surface area contributed by atoms with E-state index >= 15 is 0 Å². The Kier molecular flexibility index (Phi) is 4.65. The number of aryl methyl sites for hydroxylation is 1. The molecule has 1 aromatic heterocycles. The smallest absolute Gasteiger partial charge is 0.315 e. The third-order valence-corrected chi connectivity index (χ3v) is 3.72. The minimum Gasteiger partial charge on any atom is -0.481 e. The van der Waals surface area contributed by atoms with Crippen LogP contribution in [0.25, 0.3) is 0 Å². The number of benzene rings is 1. The van der Waals surface area contributed by atoms with E-state index in [4.69, 9.17) is 5.73 Å². The normalized spacial score (nSPS) is 13.6. The van der Waals surface area contributed by atoms with Gasteiger partial charge in [0.05, 0.1) is 0 Å². The molecule has 1 atom stereocenters. The molecule has 21 heavy (non-hydrogen) atoms. The van der Waals surface area contributed by atoms with Crippen molar-refractivity contribution in [3.63, 3.8) is 0 Å². The number of aromatic nitrogens is 1. The molecule has 0 saturated heterocycles. The number of carbonyl (C=O) groups is 1. The number of aliphatic carboxylic acids is 1. The van der Waals surface area contributed by atoms with Gasteiger partial charge in [-0.15, -0.1) is 0 Å². The number of rotatable bonds is 6. The molecule has 0 aliphatic heterocycles. The predicted octanol–water partition coefficient (Wildman–Crippen LogP) is 2.13. The van der Waals surface area contributed by atoms with Crippen LogP contribution in [0, 0.1) is 5.82 Å². The largest absolute Gasteiger partial charge is 0.481 e. The second-order valence-corrected chi connectivity index (χ2v) is 4.96. The fourth-order valence-corrected chi connectivity index (χ4v) is 2.35. The molecule has 0 saturated carbocycles. The van der Waals surface area contributed by atoms with Gasteiger partial charge in [-0.05, 0) is 42.2 Å². The van der Waals surface area contributed by atoms with Crippen molar-refractivity contribution in [2.24, 2.45) is 5.73 Å². The van der Waals surface area contributed by atoms with E-state index in [1.165, 1.54) is 24.3 Å². The van der Waals surface area contributed by atoms with Crippen molar-refractivity contribution in [2.75, 3.05) is 6.54 Å². The lowest BCUT2D eigenvalue weighted by molar-refractivity contribution is -0.143. The number of pyridine rings is 1. The maximum atomic E-state index is 13.0. The first-order valence-corrected chi connectivity index (χ1v) is 6.67. The van der Waals surface area contributed by atoms with Crippen molar-refractivity contribution < 1.29 is 14.3 Å². The van der Waals surface area contributed by atoms with Gasteiger partial charge in [0.15, 0.2) is 0 Å². The molecule has 0 fully saturated rings. The third kappa shape index (κ3) is 3.25. The molecule has 1 heterocycles. The molecule has 0 spiro atoms. The maximum absolute atomic E-state index is 13.0. The summed E-state index contributed by atoms with van der Waals surface area (Å²) < 4.78 is 13.0. The number of nitrogens with two attached hydrogens (primary N) is 1. The average molecular weight is 288 g/mol. The van der Waals surface area contributed by atoms with E-state index in [0.29, 0.717) is 18.4 Å². The average Bonchev–Trinajstić information content (AvgIpc) is 2.50. The first-order valence-electron chi connectivity index (χ1n) is 6.67. The van der Waals surface area contributed by atoms with Crippen LogP contribution >= 0.6 is 0 Å². The summed E-state index contributed by atoms with van der Waals surface area (Å²) >= 11 is 0. The summed E-state index contributed by atoms with van der Waals surface area (Å²) in [4.78, 5) is 15.8. The quantitative estimate of drug-likeness (QED) is 0.853. The van der Waals surface area contributed by atoms with Gasteiger partial charge >= 0.3 is 5.97 Å². The highest BCUT2D eigenvalue weighted by Crippen LogP contribution is 2.29. The van der Waals surface area contributed by atoms with Crippen molar-refractivity contribution in [3.05, 3.63) is 65.7 Å². The monoisotopic (exact) mass is 288 g/mol. The molecule has 2 rings (SSSR count). The van der Waals surface area contributed by atoms with Gasteiger partial charge in [-0.3, -0.25) is 9.78 Å². The Hall–Kier alpha value is -2.27. The van der Waals surface area contributed by atoms with E-state index in [1.807, 2.05) is 6.07 Å². The van der Waals surface area contributed by atoms with Gasteiger partial charge in [-0.2, -0.15) is 0 Å². The van der Waals surface area contributed by atoms with Crippen LogP contribution < -0.4 is 5.73 Å². The van der Waals surface area contributed by atoms with E-state index in [-0.39, 0.29) is 6.54 Å². The molecule has 110 valence electrons. The fourth-order valence-electron chi connectivity index (χ4n) is 2.35. The van der Waals surface area contributed by atoms with Crippen molar-refractivity contribution in [1.29, 1.82) is 0 Å². The SMILES string of the molecule is NCC(CCc1cccnc1)(C(=O)O)c1ccc(F)cc1. The van der Waals surface area contributed by atoms with Gasteiger partial charge in [0, 0.05) is 18.9 Å². The van der Waals surface area contributed by atoms with Gasteiger partial charge < -0.3 is 10.8 Å². The molecular weight excluding hydrogens is 271 g/mol. The van der Waals surface area contributed by atoms with Crippen molar-refractivity contribution in [1.82, 2.24) is 4.98 Å². The lowest BCUT2D eigenvalue weighted by atomic mass is 9.76. The minimum absolute atomic E-state index is 0.0474. The van der Waals surface area contributed by atoms with Gasteiger partial charge in [-0.1, -0.05) is 18.2 Å². The topological polar surface area (TPSA) is 76.2 Å². The van der Waals surface area contributed by atoms with E-state index in [1.54, 1.807) is 18.5 Å². The molecular formula is C16H17FN2O2. The Labute approximate surface area is 122 Å². The maximum Gasteiger partial charge on any atom is 0.315 e. The highest BCUT2D eigenvalue weighted by Gasteiger charge is 2.38. The summed E-state index contributed by atoms with van der Waals surface area (Å²) in [5, 5.41) is 9.64. The summed E-state index contributed by atoms with van der Waals surface area (Å²) in [5.41, 5.74) is 5.99. The number of hydrogen-bond acceptors (Lipinski definition) is 3. The van der Waals surface area contributed by atoms with E-state index in [2.05, 4.69) is 4.98 Å². The fraction of sp³-hybridized carbons (Fsp3) is 0.250. The summed E-state index contributed by atoms with van der Waals surface area (Å²) in [6, 6.07) is 9.18. The molecule has 1 aromatic carbocycles. The van der Waals surface area contributed by atoms with Crippen molar-refractivity contribution in [3.8, 4) is 0 Å². The molecule has 0 amide bonds. The Balaban J connectivity index is 2.29. The lowest BCUT2D eigenvalue weighted by Crippen LogP contribution is -2.43. The summed E-state index contributed by atoms with van der Waals surface area (Å²) in [5.74, 6) is -1.40. The summed E-state index contributed by atoms with van der Waals surface area (Å²) in [7, 11) is 0. The van der Waals surface area contributed by atoms with Crippen LogP contribution in [0.15, 0.2) is 48.8 Å². The molecule has 0 bridgehead atoms. The van der Waals surface area contributed by atoms with Gasteiger partial charge in [-0.25, -0.2) is 4.39 Å². The molecule has 0 aliphatic rings. The molecule has 3 N–H and O–H groups in total. The zero-order valence-corrected chi connectivity index (χ0v) is 11.5. The Morgan fingerprint density at radius 1 is 1.29 bits per heavy atom. The third-order valence-electron chi connectivity index (χ3n) is 3.72. The molecule has 0 radical (unpaired) electrons. The Bertz CT molecular complexity index is 601. The molecule has 5 heteroatoms. The van der Waals surface area contributed by atoms with Crippen LogP contribution in [0.5, 0.6) is 0 Å². The molecule has 4 nitrogen and oxygen atoms in total. The van der Waals surface area contributed by atoms with Crippen LogP contribution in [-0.4, -0.2) is 22.6 Å². The lowest BCUT2D eigenvalue weighted by Gasteiger charge is -2.28. The second kappa shape index (κ2) is 6.45. The number of carboxylic acid groups (broad SMARTS) is 1. The van der Waals surface area contributed by atoms with Crippen LogP contribution in [0.3, 0.4) is 0 Å². The predicted molar refractivity (Wildman–Crippen MR) is 77.3 cm³/mol. The molecule has 2 aromatic rings. The second-order valence-electron chi connectivity index (χ2n) is 4.96. The van der Waals surface area contributed by atoms with Crippen molar-refractivity contribution >= 4 is 5.97 Å². The zero-order valence-electron chi connectivity index (χ0n) is 11.5. The highest BCUT2D eigenvalue weighted by molar-refractivity contribution is 5.81. The van der Waals surface area contributed by atoms with Crippen LogP contribution in [0.2, 0.25) is 0 Å². The van der Waals surface area contributed by atoms with Crippen LogP contribution in [-0.2, 0) is 16.6 Å². The van der Waals surface area contributed by atoms with Crippen molar-refractivity contribution in [2.45, 2.75) is 18.3 Å². The summed E-state index contributed by atoms with van der Waals surface area (Å²) in [6.45, 7) is -0.0474. The Morgan fingerprint density at radius 2 is 2.00 bits per heavy atom. The highest BCUT2D eigenvalue weighted by atomic mass is 19.1. The van der Waals surface area contributed by atoms with Crippen LogP contribution in [0.4, 0.5) is 4.39 Å². The number of nitrogens with zero attached hydrogens (tertiary/aromatic N) is 1. The zero-order chi connectivity index (χ0) is 15.3. The minimum atomic E-state index is -1.22. The first kappa shape index (κ1) is 15.1. The molecule has 0 aliphatic carbocycles. The van der Waals surface area contributed by atoms with Crippen LogP contribution in [0.1, 0.15) is 17.5 Å². The Morgan fingerprint density at radius 3 is 2.52 bits per heavy atom. The first-order chi connectivity index (χ1) is 10.1. The standard InChI is InChI=1S/C16H17FN2O2/c17-14-5-3-13(4-6-14)16(11-18,15(20)21)8-7-12-2-1-9-19-10-12/h1-6,9-10H,7-8,11,18H2,(H,20,21). The van der Waals surface area contributed by atoms with Gasteiger partial charge in [0.2, 0.25) is 0 Å². The van der Waals surface area contributed by atoms with E-state index < -0.39 is 17.2 Å². The van der Waals surface area contributed by atoms with E-state index in [0.717, 1.165) is 5.56 Å². The number of hydrogen-bond donors (Lipinski definition) is 2.